The van der Waals surface area contributed by atoms with Crippen molar-refractivity contribution >= 4 is 17.3 Å². The fourth-order valence-electron chi connectivity index (χ4n) is 2.34. The predicted octanol–water partition coefficient (Wildman–Crippen LogP) is 2.29. The van der Waals surface area contributed by atoms with E-state index in [1.54, 1.807) is 6.07 Å². The molecule has 7 nitrogen and oxygen atoms in total. The van der Waals surface area contributed by atoms with Crippen molar-refractivity contribution in [1.29, 1.82) is 0 Å². The number of benzene rings is 1. The van der Waals surface area contributed by atoms with Crippen molar-refractivity contribution in [3.05, 3.63) is 33.9 Å². The number of anilines is 1. The number of nitro groups is 1. The van der Waals surface area contributed by atoms with Crippen LogP contribution in [0.2, 0.25) is 0 Å². The topological polar surface area (TPSA) is 102 Å². The molecule has 1 saturated carbocycles. The molecule has 1 aromatic carbocycles. The van der Waals surface area contributed by atoms with E-state index in [0.717, 1.165) is 25.7 Å². The van der Waals surface area contributed by atoms with Gasteiger partial charge in [0.05, 0.1) is 10.5 Å². The molecule has 0 spiro atoms. The molecule has 0 aromatic heterocycles. The van der Waals surface area contributed by atoms with Gasteiger partial charge in [-0.15, -0.1) is 0 Å². The van der Waals surface area contributed by atoms with Crippen LogP contribution in [0.1, 0.15) is 43.0 Å². The Hall–Kier alpha value is -2.15. The van der Waals surface area contributed by atoms with Crippen LogP contribution in [0.4, 0.5) is 11.4 Å². The quantitative estimate of drug-likeness (QED) is 0.456. The lowest BCUT2D eigenvalue weighted by atomic mass is 10.1. The first kappa shape index (κ1) is 15.2. The van der Waals surface area contributed by atoms with Gasteiger partial charge in [-0.2, -0.15) is 0 Å². The van der Waals surface area contributed by atoms with E-state index in [1.165, 1.54) is 12.1 Å². The maximum atomic E-state index is 12.7. The highest BCUT2D eigenvalue weighted by molar-refractivity contribution is 6.01. The minimum atomic E-state index is -0.542. The van der Waals surface area contributed by atoms with Crippen LogP contribution in [-0.2, 0) is 0 Å². The van der Waals surface area contributed by atoms with E-state index < -0.39 is 4.92 Å². The van der Waals surface area contributed by atoms with Crippen LogP contribution in [0, 0.1) is 10.1 Å². The third kappa shape index (κ3) is 3.30. The molecule has 3 N–H and O–H groups in total. The average molecular weight is 292 g/mol. The van der Waals surface area contributed by atoms with E-state index in [-0.39, 0.29) is 28.9 Å². The van der Waals surface area contributed by atoms with Gasteiger partial charge >= 0.3 is 0 Å². The summed E-state index contributed by atoms with van der Waals surface area (Å²) in [7, 11) is 0. The molecule has 0 saturated heterocycles. The first-order valence-corrected chi connectivity index (χ1v) is 7.15. The van der Waals surface area contributed by atoms with Crippen LogP contribution in [0.5, 0.6) is 0 Å². The second-order valence-corrected chi connectivity index (χ2v) is 5.18. The summed E-state index contributed by atoms with van der Waals surface area (Å²) in [5.41, 5.74) is 2.46. The van der Waals surface area contributed by atoms with Gasteiger partial charge in [-0.25, -0.2) is 0 Å². The van der Waals surface area contributed by atoms with Gasteiger partial charge in [0.25, 0.3) is 11.6 Å². The number of nitro benzene ring substituents is 1. The van der Waals surface area contributed by atoms with E-state index in [4.69, 9.17) is 5.84 Å². The third-order valence-corrected chi connectivity index (χ3v) is 3.61. The zero-order valence-electron chi connectivity index (χ0n) is 12.0. The Morgan fingerprint density at radius 2 is 2.24 bits per heavy atom. The van der Waals surface area contributed by atoms with Crippen LogP contribution in [0.15, 0.2) is 18.2 Å². The zero-order valence-corrected chi connectivity index (χ0v) is 12.0. The lowest BCUT2D eigenvalue weighted by molar-refractivity contribution is -0.384. The number of nitrogens with two attached hydrogens (primary N) is 1. The van der Waals surface area contributed by atoms with Crippen molar-refractivity contribution in [2.24, 2.45) is 5.84 Å². The van der Waals surface area contributed by atoms with Crippen LogP contribution < -0.4 is 11.3 Å². The van der Waals surface area contributed by atoms with Gasteiger partial charge in [0.15, 0.2) is 0 Å². The molecule has 0 unspecified atom stereocenters. The molecule has 1 aromatic rings. The molecule has 0 atom stereocenters. The Labute approximate surface area is 123 Å². The molecular formula is C14H20N4O3. The second kappa shape index (κ2) is 6.53. The molecule has 0 radical (unpaired) electrons. The van der Waals surface area contributed by atoms with Crippen LogP contribution in [-0.4, -0.2) is 28.3 Å². The summed E-state index contributed by atoms with van der Waals surface area (Å²) in [5.74, 6) is 5.20. The first-order valence-electron chi connectivity index (χ1n) is 7.15. The Morgan fingerprint density at radius 1 is 1.52 bits per heavy atom. The Balaban J connectivity index is 2.32. The van der Waals surface area contributed by atoms with Crippen molar-refractivity contribution in [2.75, 3.05) is 12.0 Å². The van der Waals surface area contributed by atoms with Crippen LogP contribution in [0.3, 0.4) is 0 Å². The summed E-state index contributed by atoms with van der Waals surface area (Å²) < 4.78 is 0. The highest BCUT2D eigenvalue weighted by Gasteiger charge is 2.34. The third-order valence-electron chi connectivity index (χ3n) is 3.61. The minimum absolute atomic E-state index is 0.0784. The summed E-state index contributed by atoms with van der Waals surface area (Å²) in [4.78, 5) is 25.0. The maximum Gasteiger partial charge on any atom is 0.294 e. The van der Waals surface area contributed by atoms with Gasteiger partial charge in [-0.3, -0.25) is 20.8 Å². The predicted molar refractivity (Wildman–Crippen MR) is 79.9 cm³/mol. The zero-order chi connectivity index (χ0) is 15.4. The van der Waals surface area contributed by atoms with Crippen LogP contribution >= 0.6 is 0 Å². The average Bonchev–Trinajstić information content (AvgIpc) is 3.31. The molecule has 0 bridgehead atoms. The number of hydrogen-bond acceptors (Lipinski definition) is 5. The van der Waals surface area contributed by atoms with Gasteiger partial charge < -0.3 is 10.3 Å². The molecule has 0 heterocycles. The number of unbranched alkanes of at least 4 members (excludes halogenated alkanes) is 1. The monoisotopic (exact) mass is 292 g/mol. The first-order chi connectivity index (χ1) is 10.1. The van der Waals surface area contributed by atoms with Gasteiger partial charge in [-0.1, -0.05) is 19.4 Å². The van der Waals surface area contributed by atoms with Crippen molar-refractivity contribution < 1.29 is 9.72 Å². The molecule has 21 heavy (non-hydrogen) atoms. The maximum absolute atomic E-state index is 12.7. The van der Waals surface area contributed by atoms with E-state index >= 15 is 0 Å². The van der Waals surface area contributed by atoms with Gasteiger partial charge in [0.1, 0.15) is 5.69 Å². The standard InChI is InChI=1S/C14H20N4O3/c1-2-3-9-17(10-7-8-10)14(19)11-5-4-6-12(18(20)21)13(11)16-15/h4-6,10,16H,2-3,7-9,15H2,1H3. The van der Waals surface area contributed by atoms with E-state index in [9.17, 15) is 14.9 Å². The summed E-state index contributed by atoms with van der Waals surface area (Å²) in [5, 5.41) is 11.0. The number of rotatable bonds is 7. The fourth-order valence-corrected chi connectivity index (χ4v) is 2.34. The molecule has 1 aliphatic rings. The number of para-hydroxylation sites is 1. The SMILES string of the molecule is CCCCN(C(=O)c1cccc([N+](=O)[O-])c1NN)C1CC1. The highest BCUT2D eigenvalue weighted by atomic mass is 16.6. The molecule has 1 fully saturated rings. The number of carbonyl (C=O) groups is 1. The normalized spacial score (nSPS) is 13.8. The van der Waals surface area contributed by atoms with Crippen molar-refractivity contribution in [1.82, 2.24) is 4.90 Å². The van der Waals surface area contributed by atoms with Crippen LogP contribution in [0.25, 0.3) is 0 Å². The molecule has 0 aliphatic heterocycles. The Morgan fingerprint density at radius 3 is 2.76 bits per heavy atom. The number of nitrogens with zero attached hydrogens (tertiary/aromatic N) is 2. The van der Waals surface area contributed by atoms with Crippen molar-refractivity contribution in [3.63, 3.8) is 0 Å². The summed E-state index contributed by atoms with van der Waals surface area (Å²) in [6.07, 6.45) is 3.90. The second-order valence-electron chi connectivity index (χ2n) is 5.18. The van der Waals surface area contributed by atoms with Crippen molar-refractivity contribution in [2.45, 2.75) is 38.6 Å². The number of carbonyl (C=O) groups excluding carboxylic acids is 1. The lowest BCUT2D eigenvalue weighted by Gasteiger charge is -2.23. The van der Waals surface area contributed by atoms with Gasteiger partial charge in [0.2, 0.25) is 0 Å². The van der Waals surface area contributed by atoms with Gasteiger partial charge in [0, 0.05) is 18.7 Å². The molecule has 1 aliphatic carbocycles. The lowest BCUT2D eigenvalue weighted by Crippen LogP contribution is -2.34. The molecule has 7 heteroatoms. The molecule has 1 amide bonds. The largest absolute Gasteiger partial charge is 0.336 e. The number of amides is 1. The van der Waals surface area contributed by atoms with Gasteiger partial charge in [-0.05, 0) is 25.3 Å². The number of nitrogens with one attached hydrogen (secondary N) is 1. The van der Waals surface area contributed by atoms with E-state index in [1.807, 2.05) is 4.90 Å². The van der Waals surface area contributed by atoms with Crippen molar-refractivity contribution in [3.8, 4) is 0 Å². The highest BCUT2D eigenvalue weighted by Crippen LogP contribution is 2.33. The van der Waals surface area contributed by atoms with E-state index in [2.05, 4.69) is 12.3 Å². The smallest absolute Gasteiger partial charge is 0.294 e. The fraction of sp³-hybridized carbons (Fsp3) is 0.500. The molecule has 114 valence electrons. The Bertz CT molecular complexity index is 543. The minimum Gasteiger partial charge on any atom is -0.336 e. The Kier molecular flexibility index (Phi) is 4.74. The van der Waals surface area contributed by atoms with E-state index in [0.29, 0.717) is 6.54 Å². The number of hydrazine groups is 1. The number of nitrogen functional groups attached to an aromatic ring is 1. The summed E-state index contributed by atoms with van der Waals surface area (Å²) >= 11 is 0. The number of hydrogen-bond donors (Lipinski definition) is 2. The molecular weight excluding hydrogens is 272 g/mol. The summed E-state index contributed by atoms with van der Waals surface area (Å²) in [6.45, 7) is 2.74. The molecule has 2 rings (SSSR count). The summed E-state index contributed by atoms with van der Waals surface area (Å²) in [6, 6.07) is 4.68.